The van der Waals surface area contributed by atoms with Crippen LogP contribution in [0.25, 0.3) is 0 Å². The number of carboxylic acids is 6. The van der Waals surface area contributed by atoms with Gasteiger partial charge < -0.3 is 40.3 Å². The predicted molar refractivity (Wildman–Crippen MR) is 216 cm³/mol. The summed E-state index contributed by atoms with van der Waals surface area (Å²) >= 11 is 6.38. The number of hydrogen-bond donors (Lipinski definition) is 6. The van der Waals surface area contributed by atoms with Gasteiger partial charge in [-0.05, 0) is 98.0 Å². The molecule has 0 bridgehead atoms. The number of anilines is 1. The van der Waals surface area contributed by atoms with E-state index in [1.54, 1.807) is 31.3 Å². The molecule has 1 amide bonds. The first-order valence-electron chi connectivity index (χ1n) is 15.9. The normalized spacial score (nSPS) is 11.8. The Balaban J connectivity index is 2.20. The van der Waals surface area contributed by atoms with Crippen LogP contribution in [0.2, 0.25) is 0 Å². The Morgan fingerprint density at radius 3 is 1.70 bits per heavy atom. The molecule has 2 rings (SSSR count). The molecule has 0 aliphatic rings. The maximum Gasteiger partial charge on any atom is 0.321 e. The molecule has 0 aliphatic heterocycles. The number of carboxylic acid groups (broad SMARTS) is 6. The van der Waals surface area contributed by atoms with E-state index in [-0.39, 0.29) is 58.0 Å². The highest BCUT2D eigenvalue weighted by Gasteiger charge is 2.29. The molecule has 0 saturated carbocycles. The minimum absolute atomic E-state index is 0.0871. The van der Waals surface area contributed by atoms with Gasteiger partial charge in [-0.25, -0.2) is 0 Å². The fraction of sp³-hybridized carbons (Fsp3) is 0.424. The molecule has 0 aliphatic carbocycles. The highest BCUT2D eigenvalue weighted by Crippen LogP contribution is 2.35. The van der Waals surface area contributed by atoms with E-state index in [4.69, 9.17) is 20.1 Å². The Hall–Kier alpha value is -3.40. The zero-order valence-corrected chi connectivity index (χ0v) is 35.3. The molecule has 1 unspecified atom stereocenters. The molecule has 296 valence electrons. The zero-order chi connectivity index (χ0) is 40.7. The van der Waals surface area contributed by atoms with Crippen molar-refractivity contribution in [1.82, 2.24) is 14.7 Å². The number of rotatable bonds is 25. The standard InChI is InChI=1S/C33H39I3N4O14/c1-37(25(41)6-7-26(42)43)32-23(35)13-22(34)21(31(32)36)18-54-20-4-2-19(3-5-20)12-24(33(52)53)40(17-30(50)51)11-10-38(14-27(44)45)8-9-39(15-28(46)47)16-29(48)49/h2-5,13,24H,6-12,14-18H2,1H3,(H,42,43)(H,44,45)(H,46,47)(H,48,49)(H,50,51)(H,52,53). The van der Waals surface area contributed by atoms with Crippen LogP contribution in [0.15, 0.2) is 30.3 Å². The minimum atomic E-state index is -1.33. The second kappa shape index (κ2) is 22.9. The lowest BCUT2D eigenvalue weighted by molar-refractivity contribution is -0.147. The molecule has 0 spiro atoms. The van der Waals surface area contributed by atoms with Crippen molar-refractivity contribution in [3.05, 3.63) is 52.2 Å². The van der Waals surface area contributed by atoms with Crippen molar-refractivity contribution < 1.29 is 68.9 Å². The van der Waals surface area contributed by atoms with E-state index < -0.39 is 68.0 Å². The summed E-state index contributed by atoms with van der Waals surface area (Å²) in [7, 11) is 1.58. The van der Waals surface area contributed by atoms with Crippen LogP contribution < -0.4 is 9.64 Å². The molecule has 0 heterocycles. The van der Waals surface area contributed by atoms with E-state index in [1.165, 1.54) is 14.7 Å². The molecule has 21 heteroatoms. The molecule has 1 atom stereocenters. The van der Waals surface area contributed by atoms with Crippen LogP contribution in [0, 0.1) is 10.7 Å². The van der Waals surface area contributed by atoms with Crippen LogP contribution in [-0.2, 0) is 46.6 Å². The van der Waals surface area contributed by atoms with E-state index in [0.29, 0.717) is 17.0 Å². The lowest BCUT2D eigenvalue weighted by Crippen LogP contribution is -2.49. The van der Waals surface area contributed by atoms with Crippen LogP contribution in [-0.4, -0.2) is 153 Å². The second-order valence-corrected chi connectivity index (χ2v) is 15.3. The number of amides is 1. The van der Waals surface area contributed by atoms with Gasteiger partial charge in [0, 0.05) is 55.9 Å². The van der Waals surface area contributed by atoms with Gasteiger partial charge in [0.05, 0.1) is 38.3 Å². The van der Waals surface area contributed by atoms with Gasteiger partial charge in [0.25, 0.3) is 0 Å². The van der Waals surface area contributed by atoms with Gasteiger partial charge in [-0.15, -0.1) is 0 Å². The highest BCUT2D eigenvalue weighted by molar-refractivity contribution is 14.1. The van der Waals surface area contributed by atoms with Crippen molar-refractivity contribution in [3.8, 4) is 5.75 Å². The molecule has 0 aromatic heterocycles. The number of ether oxygens (including phenoxy) is 1. The van der Waals surface area contributed by atoms with Gasteiger partial charge in [0.2, 0.25) is 5.91 Å². The third-order valence-electron chi connectivity index (χ3n) is 7.82. The zero-order valence-electron chi connectivity index (χ0n) is 28.8. The van der Waals surface area contributed by atoms with Gasteiger partial charge in [-0.1, -0.05) is 12.1 Å². The summed E-state index contributed by atoms with van der Waals surface area (Å²) in [4.78, 5) is 86.7. The lowest BCUT2D eigenvalue weighted by Gasteiger charge is -2.31. The average molecular weight is 1100 g/mol. The fourth-order valence-electron chi connectivity index (χ4n) is 5.17. The van der Waals surface area contributed by atoms with Crippen molar-refractivity contribution in [3.63, 3.8) is 0 Å². The SMILES string of the molecule is CN(C(=O)CCC(=O)O)c1c(I)cc(I)c(COc2ccc(CC(C(=O)O)N(CCN(CCN(CC(=O)O)CC(=O)O)CC(=O)O)CC(=O)O)cc2)c1I. The topological polar surface area (TPSA) is 263 Å². The third-order valence-corrected chi connectivity index (χ3v) is 10.8. The molecule has 0 radical (unpaired) electrons. The molecule has 18 nitrogen and oxygen atoms in total. The van der Waals surface area contributed by atoms with E-state index >= 15 is 0 Å². The Kier molecular flexibility index (Phi) is 19.8. The molecular formula is C33H39I3N4O14. The Labute approximate surface area is 350 Å². The third kappa shape index (κ3) is 16.1. The number of hydrogen-bond acceptors (Lipinski definition) is 11. The summed E-state index contributed by atoms with van der Waals surface area (Å²) < 4.78 is 8.44. The first-order chi connectivity index (χ1) is 25.3. The summed E-state index contributed by atoms with van der Waals surface area (Å²) in [5.74, 6) is -7.43. The molecule has 2 aromatic rings. The predicted octanol–water partition coefficient (Wildman–Crippen LogP) is 2.15. The summed E-state index contributed by atoms with van der Waals surface area (Å²) in [6, 6.07) is 7.05. The number of carbonyl (C=O) groups is 7. The van der Waals surface area contributed by atoms with Crippen LogP contribution in [0.1, 0.15) is 24.0 Å². The first-order valence-corrected chi connectivity index (χ1v) is 19.2. The Morgan fingerprint density at radius 2 is 1.19 bits per heavy atom. The molecule has 0 saturated heterocycles. The van der Waals surface area contributed by atoms with Gasteiger partial charge >= 0.3 is 35.8 Å². The number of halogens is 3. The monoisotopic (exact) mass is 1100 g/mol. The molecule has 54 heavy (non-hydrogen) atoms. The van der Waals surface area contributed by atoms with Gasteiger partial charge in [-0.3, -0.25) is 48.3 Å². The minimum Gasteiger partial charge on any atom is -0.489 e. The van der Waals surface area contributed by atoms with Gasteiger partial charge in [0.15, 0.2) is 0 Å². The van der Waals surface area contributed by atoms with Crippen molar-refractivity contribution in [2.24, 2.45) is 0 Å². The van der Waals surface area contributed by atoms with Crippen molar-refractivity contribution in [2.45, 2.75) is 31.9 Å². The quantitative estimate of drug-likeness (QED) is 0.0779. The van der Waals surface area contributed by atoms with Crippen molar-refractivity contribution in [2.75, 3.05) is 64.3 Å². The average Bonchev–Trinajstić information content (AvgIpc) is 3.05. The maximum atomic E-state index is 12.7. The van der Waals surface area contributed by atoms with Crippen LogP contribution in [0.4, 0.5) is 5.69 Å². The van der Waals surface area contributed by atoms with Crippen LogP contribution in [0.3, 0.4) is 0 Å². The summed E-state index contributed by atoms with van der Waals surface area (Å²) in [5, 5.41) is 56.3. The number of benzene rings is 2. The Morgan fingerprint density at radius 1 is 0.667 bits per heavy atom. The summed E-state index contributed by atoms with van der Waals surface area (Å²) in [6.45, 7) is -2.85. The van der Waals surface area contributed by atoms with Crippen molar-refractivity contribution in [1.29, 1.82) is 0 Å². The van der Waals surface area contributed by atoms with E-state index in [0.717, 1.165) is 21.2 Å². The van der Waals surface area contributed by atoms with Gasteiger partial charge in [-0.2, -0.15) is 0 Å². The van der Waals surface area contributed by atoms with Gasteiger partial charge in [0.1, 0.15) is 18.4 Å². The van der Waals surface area contributed by atoms with Crippen LogP contribution in [0.5, 0.6) is 5.75 Å². The number of nitrogens with zero attached hydrogens (tertiary/aromatic N) is 4. The van der Waals surface area contributed by atoms with Crippen LogP contribution >= 0.6 is 67.8 Å². The smallest absolute Gasteiger partial charge is 0.321 e. The molecular weight excluding hydrogens is 1060 g/mol. The summed E-state index contributed by atoms with van der Waals surface area (Å²) in [5.41, 5.74) is 1.95. The van der Waals surface area contributed by atoms with E-state index in [9.17, 15) is 48.9 Å². The Bertz CT molecular complexity index is 1680. The highest BCUT2D eigenvalue weighted by atomic mass is 127. The fourth-order valence-corrected chi connectivity index (χ4v) is 9.57. The van der Waals surface area contributed by atoms with Crippen molar-refractivity contribution >= 4 is 115 Å². The largest absolute Gasteiger partial charge is 0.489 e. The molecule has 0 fully saturated rings. The molecule has 2 aromatic carbocycles. The number of carbonyl (C=O) groups excluding carboxylic acids is 1. The summed E-state index contributed by atoms with van der Waals surface area (Å²) in [6.07, 6.45) is -0.574. The second-order valence-electron chi connectivity index (χ2n) is 11.9. The lowest BCUT2D eigenvalue weighted by atomic mass is 10.0. The number of aliphatic carboxylic acids is 6. The first kappa shape index (κ1) is 46.8. The van der Waals surface area contributed by atoms with E-state index in [1.807, 2.05) is 6.07 Å². The molecule has 6 N–H and O–H groups in total. The maximum absolute atomic E-state index is 12.7. The van der Waals surface area contributed by atoms with E-state index in [2.05, 4.69) is 67.8 Å².